The van der Waals surface area contributed by atoms with Gasteiger partial charge in [-0.15, -0.1) is 5.10 Å². The fraction of sp³-hybridized carbons (Fsp3) is 0.500. The average molecular weight is 282 g/mol. The van der Waals surface area contributed by atoms with E-state index in [1.54, 1.807) is 16.8 Å². The lowest BCUT2D eigenvalue weighted by molar-refractivity contribution is -0.0117. The molecule has 1 unspecified atom stereocenters. The van der Waals surface area contributed by atoms with Gasteiger partial charge in [0, 0.05) is 25.8 Å². The van der Waals surface area contributed by atoms with E-state index in [9.17, 15) is 0 Å². The topological polar surface area (TPSA) is 54.7 Å². The Balaban J connectivity index is 1.65. The molecule has 0 amide bonds. The van der Waals surface area contributed by atoms with Crippen molar-refractivity contribution < 1.29 is 4.74 Å². The van der Waals surface area contributed by atoms with E-state index in [1.165, 1.54) is 0 Å². The van der Waals surface area contributed by atoms with Crippen LogP contribution in [0.25, 0.3) is 5.65 Å². The first-order valence-corrected chi connectivity index (χ1v) is 6.64. The maximum atomic E-state index is 5.91. The summed E-state index contributed by atoms with van der Waals surface area (Å²) in [6.07, 6.45) is 1.91. The summed E-state index contributed by atoms with van der Waals surface area (Å²) in [5, 5.41) is 8.16. The molecule has 1 atom stereocenters. The number of morpholine rings is 1. The number of pyridine rings is 1. The molecule has 1 aliphatic rings. The van der Waals surface area contributed by atoms with Crippen molar-refractivity contribution in [1.29, 1.82) is 0 Å². The van der Waals surface area contributed by atoms with Gasteiger partial charge in [0.05, 0.1) is 17.7 Å². The molecule has 19 heavy (non-hydrogen) atoms. The first kappa shape index (κ1) is 12.7. The van der Waals surface area contributed by atoms with Crippen LogP contribution < -0.4 is 5.32 Å². The van der Waals surface area contributed by atoms with Gasteiger partial charge in [0.25, 0.3) is 0 Å². The molecule has 0 saturated carbocycles. The largest absolute Gasteiger partial charge is 0.374 e. The van der Waals surface area contributed by atoms with E-state index < -0.39 is 0 Å². The SMILES string of the molecule is CN1CCOC(CNc2nc3ccc(Cl)cn3n2)C1. The van der Waals surface area contributed by atoms with E-state index >= 15 is 0 Å². The van der Waals surface area contributed by atoms with Crippen molar-refractivity contribution in [3.8, 4) is 0 Å². The highest BCUT2D eigenvalue weighted by Crippen LogP contribution is 2.12. The number of ether oxygens (including phenoxy) is 1. The van der Waals surface area contributed by atoms with Crippen molar-refractivity contribution in [2.24, 2.45) is 0 Å². The van der Waals surface area contributed by atoms with Crippen LogP contribution in [0.5, 0.6) is 0 Å². The molecule has 1 fully saturated rings. The van der Waals surface area contributed by atoms with Crippen LogP contribution in [0.4, 0.5) is 5.95 Å². The zero-order valence-corrected chi connectivity index (χ0v) is 11.5. The van der Waals surface area contributed by atoms with Crippen molar-refractivity contribution >= 4 is 23.2 Å². The van der Waals surface area contributed by atoms with Gasteiger partial charge in [0.15, 0.2) is 5.65 Å². The number of nitrogens with zero attached hydrogens (tertiary/aromatic N) is 4. The number of aromatic nitrogens is 3. The minimum absolute atomic E-state index is 0.175. The third kappa shape index (κ3) is 2.97. The standard InChI is InChI=1S/C12H16ClN5O/c1-17-4-5-19-10(8-17)6-14-12-15-11-3-2-9(13)7-18(11)16-12/h2-3,7,10H,4-6,8H2,1H3,(H,14,16). The number of rotatable bonds is 3. The Bertz CT molecular complexity index is 572. The average Bonchev–Trinajstić information content (AvgIpc) is 2.78. The van der Waals surface area contributed by atoms with Gasteiger partial charge in [-0.05, 0) is 19.2 Å². The summed E-state index contributed by atoms with van der Waals surface area (Å²) in [6.45, 7) is 3.39. The first-order chi connectivity index (χ1) is 9.20. The molecule has 7 heteroatoms. The van der Waals surface area contributed by atoms with Gasteiger partial charge in [-0.1, -0.05) is 11.6 Å². The molecular formula is C12H16ClN5O. The van der Waals surface area contributed by atoms with Crippen molar-refractivity contribution in [2.75, 3.05) is 38.6 Å². The quantitative estimate of drug-likeness (QED) is 0.914. The molecule has 1 N–H and O–H groups in total. The van der Waals surface area contributed by atoms with E-state index in [-0.39, 0.29) is 6.10 Å². The Hall–Kier alpha value is -1.37. The van der Waals surface area contributed by atoms with E-state index in [4.69, 9.17) is 16.3 Å². The van der Waals surface area contributed by atoms with Crippen molar-refractivity contribution in [3.63, 3.8) is 0 Å². The Labute approximate surface area is 116 Å². The number of hydrogen-bond donors (Lipinski definition) is 1. The van der Waals surface area contributed by atoms with Gasteiger partial charge in [0.2, 0.25) is 5.95 Å². The van der Waals surface area contributed by atoms with Crippen LogP contribution in [0.1, 0.15) is 0 Å². The monoisotopic (exact) mass is 281 g/mol. The summed E-state index contributed by atoms with van der Waals surface area (Å²) in [6, 6.07) is 3.64. The molecule has 3 rings (SSSR count). The summed E-state index contributed by atoms with van der Waals surface area (Å²) >= 11 is 5.91. The Kier molecular flexibility index (Phi) is 3.54. The zero-order chi connectivity index (χ0) is 13.2. The summed E-state index contributed by atoms with van der Waals surface area (Å²) < 4.78 is 7.34. The van der Waals surface area contributed by atoms with E-state index in [1.807, 2.05) is 6.07 Å². The maximum Gasteiger partial charge on any atom is 0.243 e. The zero-order valence-electron chi connectivity index (χ0n) is 10.7. The summed E-state index contributed by atoms with van der Waals surface area (Å²) in [7, 11) is 2.10. The van der Waals surface area contributed by atoms with Gasteiger partial charge in [0.1, 0.15) is 0 Å². The molecule has 0 aliphatic carbocycles. The number of fused-ring (bicyclic) bond motifs is 1. The number of likely N-dealkylation sites (N-methyl/N-ethyl adjacent to an activating group) is 1. The normalized spacial score (nSPS) is 20.8. The molecule has 0 radical (unpaired) electrons. The number of hydrogen-bond acceptors (Lipinski definition) is 5. The Morgan fingerprint density at radius 3 is 3.26 bits per heavy atom. The van der Waals surface area contributed by atoms with Gasteiger partial charge in [-0.3, -0.25) is 0 Å². The molecule has 1 saturated heterocycles. The summed E-state index contributed by atoms with van der Waals surface area (Å²) in [5.41, 5.74) is 0.772. The van der Waals surface area contributed by atoms with Crippen LogP contribution in [0.15, 0.2) is 18.3 Å². The highest BCUT2D eigenvalue weighted by atomic mass is 35.5. The maximum absolute atomic E-state index is 5.91. The second-order valence-corrected chi connectivity index (χ2v) is 5.16. The molecule has 2 aromatic heterocycles. The predicted octanol–water partition coefficient (Wildman–Crippen LogP) is 1.13. The summed E-state index contributed by atoms with van der Waals surface area (Å²) in [5.74, 6) is 0.596. The van der Waals surface area contributed by atoms with E-state index in [0.717, 1.165) is 25.3 Å². The van der Waals surface area contributed by atoms with E-state index in [0.29, 0.717) is 17.5 Å². The summed E-state index contributed by atoms with van der Waals surface area (Å²) in [4.78, 5) is 6.63. The van der Waals surface area contributed by atoms with Crippen LogP contribution in [0.2, 0.25) is 5.02 Å². The Morgan fingerprint density at radius 2 is 2.42 bits per heavy atom. The second kappa shape index (κ2) is 5.32. The molecule has 0 bridgehead atoms. The smallest absolute Gasteiger partial charge is 0.243 e. The second-order valence-electron chi connectivity index (χ2n) is 4.72. The fourth-order valence-electron chi connectivity index (χ4n) is 2.13. The molecule has 102 valence electrons. The minimum atomic E-state index is 0.175. The van der Waals surface area contributed by atoms with Gasteiger partial charge < -0.3 is 15.0 Å². The van der Waals surface area contributed by atoms with E-state index in [2.05, 4.69) is 27.3 Å². The van der Waals surface area contributed by atoms with Crippen LogP contribution in [-0.4, -0.2) is 58.9 Å². The molecule has 2 aromatic rings. The van der Waals surface area contributed by atoms with Crippen LogP contribution >= 0.6 is 11.6 Å². The minimum Gasteiger partial charge on any atom is -0.374 e. The lowest BCUT2D eigenvalue weighted by Gasteiger charge is -2.29. The van der Waals surface area contributed by atoms with Gasteiger partial charge in [-0.2, -0.15) is 4.98 Å². The lowest BCUT2D eigenvalue weighted by atomic mass is 10.3. The molecule has 6 nitrogen and oxygen atoms in total. The third-order valence-corrected chi connectivity index (χ3v) is 3.35. The Morgan fingerprint density at radius 1 is 1.53 bits per heavy atom. The molecule has 3 heterocycles. The number of anilines is 1. The van der Waals surface area contributed by atoms with Crippen LogP contribution in [-0.2, 0) is 4.74 Å². The number of nitrogens with one attached hydrogen (secondary N) is 1. The third-order valence-electron chi connectivity index (χ3n) is 3.12. The van der Waals surface area contributed by atoms with Crippen molar-refractivity contribution in [3.05, 3.63) is 23.4 Å². The predicted molar refractivity (Wildman–Crippen MR) is 73.7 cm³/mol. The number of halogens is 1. The molecule has 0 spiro atoms. The first-order valence-electron chi connectivity index (χ1n) is 6.27. The fourth-order valence-corrected chi connectivity index (χ4v) is 2.28. The van der Waals surface area contributed by atoms with Gasteiger partial charge in [-0.25, -0.2) is 4.52 Å². The van der Waals surface area contributed by atoms with Gasteiger partial charge >= 0.3 is 0 Å². The van der Waals surface area contributed by atoms with Crippen LogP contribution in [0, 0.1) is 0 Å². The lowest BCUT2D eigenvalue weighted by Crippen LogP contribution is -2.43. The van der Waals surface area contributed by atoms with Crippen molar-refractivity contribution in [1.82, 2.24) is 19.5 Å². The molecular weight excluding hydrogens is 266 g/mol. The van der Waals surface area contributed by atoms with Crippen molar-refractivity contribution in [2.45, 2.75) is 6.10 Å². The molecule has 0 aromatic carbocycles. The highest BCUT2D eigenvalue weighted by Gasteiger charge is 2.17. The van der Waals surface area contributed by atoms with Crippen LogP contribution in [0.3, 0.4) is 0 Å². The highest BCUT2D eigenvalue weighted by molar-refractivity contribution is 6.30. The molecule has 1 aliphatic heterocycles.